The summed E-state index contributed by atoms with van der Waals surface area (Å²) in [7, 11) is 0. The number of hydrogen-bond donors (Lipinski definition) is 0. The number of benzene rings is 2. The van der Waals surface area contributed by atoms with Gasteiger partial charge < -0.3 is 42.6 Å². The average Bonchev–Trinajstić information content (AvgIpc) is 3.15. The van der Waals surface area contributed by atoms with E-state index in [9.17, 15) is 38.4 Å². The van der Waals surface area contributed by atoms with Crippen molar-refractivity contribution in [2.75, 3.05) is 52.9 Å². The molecule has 0 N–H and O–H groups in total. The maximum atomic E-state index is 12.4. The van der Waals surface area contributed by atoms with E-state index < -0.39 is 87.4 Å². The molecule has 0 aliphatic carbocycles. The Kier molecular flexibility index (Phi) is 20.6. The highest BCUT2D eigenvalue weighted by Crippen LogP contribution is 2.20. The van der Waals surface area contributed by atoms with Gasteiger partial charge in [-0.15, -0.1) is 0 Å². The van der Waals surface area contributed by atoms with Crippen LogP contribution < -0.4 is 9.47 Å². The molecule has 0 atom stereocenters. The molecular weight excluding hydrogens is 704 g/mol. The highest BCUT2D eigenvalue weighted by Gasteiger charge is 2.21. The number of carbonyl (C=O) groups is 8. The van der Waals surface area contributed by atoms with Crippen LogP contribution >= 0.6 is 0 Å². The van der Waals surface area contributed by atoms with Gasteiger partial charge in [0.2, 0.25) is 0 Å². The summed E-state index contributed by atoms with van der Waals surface area (Å²) in [4.78, 5) is 96.8. The fourth-order valence-electron chi connectivity index (χ4n) is 3.90. The average molecular weight is 747 g/mol. The first-order valence-electron chi connectivity index (χ1n) is 16.7. The van der Waals surface area contributed by atoms with Gasteiger partial charge in [-0.2, -0.15) is 0 Å². The predicted molar refractivity (Wildman–Crippen MR) is 178 cm³/mol. The lowest BCUT2D eigenvalue weighted by Gasteiger charge is -2.11. The van der Waals surface area contributed by atoms with Crippen LogP contribution in [0.25, 0.3) is 0 Å². The Morgan fingerprint density at radius 1 is 0.415 bits per heavy atom. The summed E-state index contributed by atoms with van der Waals surface area (Å²) in [5.74, 6) is -8.07. The summed E-state index contributed by atoms with van der Waals surface area (Å²) in [6.07, 6.45) is 5.01. The maximum absolute atomic E-state index is 12.4. The summed E-state index contributed by atoms with van der Waals surface area (Å²) in [5, 5.41) is 0. The Morgan fingerprint density at radius 2 is 0.774 bits per heavy atom. The minimum absolute atomic E-state index is 0.171. The van der Waals surface area contributed by atoms with Gasteiger partial charge >= 0.3 is 47.8 Å². The van der Waals surface area contributed by atoms with Crippen molar-refractivity contribution in [2.45, 2.75) is 52.4 Å². The molecule has 0 aliphatic heterocycles. The second-order valence-corrected chi connectivity index (χ2v) is 10.8. The molecule has 2 aromatic carbocycles. The van der Waals surface area contributed by atoms with Crippen LogP contribution in [0.3, 0.4) is 0 Å². The second kappa shape index (κ2) is 25.2. The van der Waals surface area contributed by atoms with Gasteiger partial charge in [0.25, 0.3) is 0 Å². The minimum atomic E-state index is -1.07. The molecule has 2 aromatic rings. The molecule has 0 saturated heterocycles. The predicted octanol–water partition coefficient (Wildman–Crippen LogP) is 3.08. The van der Waals surface area contributed by atoms with Crippen molar-refractivity contribution < 1.29 is 81.0 Å². The molecule has 0 amide bonds. The summed E-state index contributed by atoms with van der Waals surface area (Å²) >= 11 is 0. The topological polar surface area (TPSA) is 220 Å². The molecule has 0 saturated carbocycles. The van der Waals surface area contributed by atoms with E-state index in [2.05, 4.69) is 0 Å². The van der Waals surface area contributed by atoms with Crippen LogP contribution in [0, 0.1) is 0 Å². The first-order chi connectivity index (χ1) is 25.5. The number of ether oxygens (including phenoxy) is 9. The van der Waals surface area contributed by atoms with Crippen molar-refractivity contribution in [3.63, 3.8) is 0 Å². The summed E-state index contributed by atoms with van der Waals surface area (Å²) in [6, 6.07) is 11.0. The van der Waals surface area contributed by atoms with E-state index in [0.29, 0.717) is 12.8 Å². The third-order valence-corrected chi connectivity index (χ3v) is 6.47. The quantitative estimate of drug-likeness (QED) is 0.0652. The van der Waals surface area contributed by atoms with E-state index in [4.69, 9.17) is 42.6 Å². The number of esters is 8. The third-order valence-electron chi connectivity index (χ3n) is 6.47. The second-order valence-electron chi connectivity index (χ2n) is 10.8. The molecule has 0 aliphatic rings. The Morgan fingerprint density at radius 3 is 1.17 bits per heavy atom. The van der Waals surface area contributed by atoms with Crippen molar-refractivity contribution >= 4 is 47.8 Å². The molecule has 0 bridgehead atoms. The van der Waals surface area contributed by atoms with Crippen molar-refractivity contribution in [1.29, 1.82) is 0 Å². The Labute approximate surface area is 305 Å². The third kappa shape index (κ3) is 18.3. The van der Waals surface area contributed by atoms with E-state index >= 15 is 0 Å². The molecule has 2 rings (SSSR count). The lowest BCUT2D eigenvalue weighted by molar-refractivity contribution is -0.162. The van der Waals surface area contributed by atoms with Crippen LogP contribution in [-0.2, 0) is 61.9 Å². The number of para-hydroxylation sites is 2. The van der Waals surface area contributed by atoms with E-state index in [1.807, 2.05) is 13.8 Å². The fourth-order valence-corrected chi connectivity index (χ4v) is 3.90. The van der Waals surface area contributed by atoms with Crippen molar-refractivity contribution in [1.82, 2.24) is 0 Å². The van der Waals surface area contributed by atoms with Gasteiger partial charge in [-0.1, -0.05) is 63.8 Å². The van der Waals surface area contributed by atoms with Gasteiger partial charge in [0.05, 0.1) is 13.2 Å². The lowest BCUT2D eigenvalue weighted by Crippen LogP contribution is -2.25. The van der Waals surface area contributed by atoms with Crippen molar-refractivity contribution in [3.05, 3.63) is 59.7 Å². The number of rotatable bonds is 24. The minimum Gasteiger partial charge on any atom is -0.463 e. The van der Waals surface area contributed by atoms with Crippen LogP contribution in [0.5, 0.6) is 11.5 Å². The highest BCUT2D eigenvalue weighted by atomic mass is 16.6. The van der Waals surface area contributed by atoms with E-state index in [1.165, 1.54) is 48.5 Å². The monoisotopic (exact) mass is 746 g/mol. The van der Waals surface area contributed by atoms with Crippen LogP contribution in [-0.4, -0.2) is 101 Å². The van der Waals surface area contributed by atoms with Crippen molar-refractivity contribution in [2.24, 2.45) is 0 Å². The molecule has 0 radical (unpaired) electrons. The normalized spacial score (nSPS) is 10.3. The smallest absolute Gasteiger partial charge is 0.349 e. The van der Waals surface area contributed by atoms with Crippen LogP contribution in [0.15, 0.2) is 48.5 Å². The fraction of sp³-hybridized carbons (Fsp3) is 0.444. The zero-order valence-corrected chi connectivity index (χ0v) is 29.5. The van der Waals surface area contributed by atoms with Crippen LogP contribution in [0.4, 0.5) is 0 Å². The first-order valence-corrected chi connectivity index (χ1v) is 16.7. The zero-order chi connectivity index (χ0) is 38.8. The van der Waals surface area contributed by atoms with Gasteiger partial charge in [0.1, 0.15) is 35.8 Å². The van der Waals surface area contributed by atoms with Gasteiger partial charge in [-0.05, 0) is 37.1 Å². The maximum Gasteiger partial charge on any atom is 0.349 e. The SMILES string of the molecule is CCCCCOC(=O)COC(=O)c1ccccc1OC(=O)COC(=O)COCC(=O)OCC(=O)Oc1ccccc1C(=O)OCC(=O)OCCCCC. The van der Waals surface area contributed by atoms with Gasteiger partial charge in [-0.25, -0.2) is 38.4 Å². The van der Waals surface area contributed by atoms with E-state index in [0.717, 1.165) is 25.7 Å². The van der Waals surface area contributed by atoms with E-state index in [1.54, 1.807) is 0 Å². The Balaban J connectivity index is 1.68. The molecular formula is C36H42O17. The number of unbranched alkanes of at least 4 members (excludes halogenated alkanes) is 4. The summed E-state index contributed by atoms with van der Waals surface area (Å²) < 4.78 is 44.3. The summed E-state index contributed by atoms with van der Waals surface area (Å²) in [6.45, 7) is -0.240. The van der Waals surface area contributed by atoms with Crippen LogP contribution in [0.2, 0.25) is 0 Å². The lowest BCUT2D eigenvalue weighted by atomic mass is 10.2. The van der Waals surface area contributed by atoms with Crippen LogP contribution in [0.1, 0.15) is 73.1 Å². The van der Waals surface area contributed by atoms with Crippen molar-refractivity contribution in [3.8, 4) is 11.5 Å². The first kappa shape index (κ1) is 43.3. The van der Waals surface area contributed by atoms with Gasteiger partial charge in [0, 0.05) is 0 Å². The molecule has 0 fully saturated rings. The van der Waals surface area contributed by atoms with E-state index in [-0.39, 0.29) is 35.8 Å². The standard InChI is InChI=1S/C36H42O17/c1-3-5-11-17-46-31(39)21-50-35(43)25-13-7-9-15-27(25)52-33(41)23-48-29(37)19-45-20-30(38)49-24-34(42)53-28-16-10-8-14-26(28)36(44)51-22-32(40)47-18-12-6-4-2/h7-10,13-16H,3-6,11-12,17-24H2,1-2H3. The molecule has 288 valence electrons. The summed E-state index contributed by atoms with van der Waals surface area (Å²) in [5.41, 5.74) is -0.342. The molecule has 0 aromatic heterocycles. The molecule has 0 spiro atoms. The molecule has 0 unspecified atom stereocenters. The Bertz CT molecular complexity index is 1440. The Hall–Kier alpha value is -5.84. The molecule has 17 nitrogen and oxygen atoms in total. The highest BCUT2D eigenvalue weighted by molar-refractivity contribution is 5.95. The number of hydrogen-bond acceptors (Lipinski definition) is 17. The molecule has 17 heteroatoms. The molecule has 0 heterocycles. The number of carbonyl (C=O) groups excluding carboxylic acids is 8. The van der Waals surface area contributed by atoms with Gasteiger partial charge in [-0.3, -0.25) is 0 Å². The van der Waals surface area contributed by atoms with Gasteiger partial charge in [0.15, 0.2) is 26.4 Å². The largest absolute Gasteiger partial charge is 0.463 e. The molecule has 53 heavy (non-hydrogen) atoms. The zero-order valence-electron chi connectivity index (χ0n) is 29.5.